The number of carbonyl (C=O) groups excluding carboxylic acids is 1. The molecule has 2 amide bonds. The van der Waals surface area contributed by atoms with Gasteiger partial charge in [0.15, 0.2) is 11.6 Å². The minimum Gasteiger partial charge on any atom is -0.337 e. The van der Waals surface area contributed by atoms with Gasteiger partial charge in [0.2, 0.25) is 5.95 Å². The summed E-state index contributed by atoms with van der Waals surface area (Å²) in [6, 6.07) is 5.92. The molecule has 10 heteroatoms. The highest BCUT2D eigenvalue weighted by molar-refractivity contribution is 5.77. The quantitative estimate of drug-likeness (QED) is 0.719. The van der Waals surface area contributed by atoms with E-state index in [1.54, 1.807) is 17.1 Å². The van der Waals surface area contributed by atoms with E-state index in [2.05, 4.69) is 42.0 Å². The number of carbonyl (C=O) groups is 1. The van der Waals surface area contributed by atoms with Gasteiger partial charge in [-0.3, -0.25) is 4.57 Å². The molecule has 2 saturated heterocycles. The smallest absolute Gasteiger partial charge is 0.317 e. The maximum absolute atomic E-state index is 11.8. The van der Waals surface area contributed by atoms with E-state index < -0.39 is 0 Å². The van der Waals surface area contributed by atoms with E-state index in [4.69, 9.17) is 0 Å². The molecule has 0 aromatic carbocycles. The number of aromatic nitrogens is 6. The van der Waals surface area contributed by atoms with Crippen molar-refractivity contribution in [3.05, 3.63) is 36.8 Å². The summed E-state index contributed by atoms with van der Waals surface area (Å²) in [4.78, 5) is 20.3. The second-order valence-corrected chi connectivity index (χ2v) is 6.91. The van der Waals surface area contributed by atoms with Crippen molar-refractivity contribution < 1.29 is 4.79 Å². The molecule has 5 rings (SSSR count). The first-order valence-corrected chi connectivity index (χ1v) is 9.43. The fraction of sp³-hybridized carbons (Fsp3) is 0.389. The van der Waals surface area contributed by atoms with Gasteiger partial charge in [-0.2, -0.15) is 5.10 Å². The SMILES string of the molecule is CCn1c(-c2cnn(-c3ccccn3)c2)nnc1N1CCN2C(=O)NCC2C1. The van der Waals surface area contributed by atoms with Gasteiger partial charge in [0, 0.05) is 45.1 Å². The highest BCUT2D eigenvalue weighted by atomic mass is 16.2. The van der Waals surface area contributed by atoms with Gasteiger partial charge in [0.1, 0.15) is 0 Å². The fourth-order valence-corrected chi connectivity index (χ4v) is 3.87. The second kappa shape index (κ2) is 6.63. The van der Waals surface area contributed by atoms with Crippen molar-refractivity contribution in [1.29, 1.82) is 0 Å². The van der Waals surface area contributed by atoms with E-state index in [1.165, 1.54) is 0 Å². The van der Waals surface area contributed by atoms with Crippen LogP contribution in [0.2, 0.25) is 0 Å². The van der Waals surface area contributed by atoms with Crippen molar-refractivity contribution in [2.45, 2.75) is 19.5 Å². The van der Waals surface area contributed by atoms with Gasteiger partial charge in [-0.15, -0.1) is 10.2 Å². The zero-order valence-electron chi connectivity index (χ0n) is 15.6. The van der Waals surface area contributed by atoms with Crippen LogP contribution in [0.4, 0.5) is 10.7 Å². The molecule has 1 N–H and O–H groups in total. The number of nitrogens with one attached hydrogen (secondary N) is 1. The summed E-state index contributed by atoms with van der Waals surface area (Å²) < 4.78 is 3.83. The number of rotatable bonds is 4. The van der Waals surface area contributed by atoms with Crippen molar-refractivity contribution in [2.75, 3.05) is 31.1 Å². The van der Waals surface area contributed by atoms with Crippen LogP contribution in [-0.4, -0.2) is 72.7 Å². The maximum atomic E-state index is 11.8. The Morgan fingerprint density at radius 3 is 3.00 bits per heavy atom. The van der Waals surface area contributed by atoms with Crippen LogP contribution in [0, 0.1) is 0 Å². The number of pyridine rings is 1. The molecule has 3 aromatic heterocycles. The van der Waals surface area contributed by atoms with E-state index in [-0.39, 0.29) is 12.1 Å². The number of nitrogens with zero attached hydrogens (tertiary/aromatic N) is 8. The minimum atomic E-state index is 0.0317. The highest BCUT2D eigenvalue weighted by Gasteiger charge is 2.36. The van der Waals surface area contributed by atoms with Gasteiger partial charge in [0.05, 0.1) is 17.8 Å². The first-order chi connectivity index (χ1) is 13.7. The Morgan fingerprint density at radius 1 is 1.25 bits per heavy atom. The van der Waals surface area contributed by atoms with Crippen molar-refractivity contribution in [1.82, 2.24) is 39.7 Å². The lowest BCUT2D eigenvalue weighted by Crippen LogP contribution is -2.52. The van der Waals surface area contributed by atoms with Crippen LogP contribution in [0.3, 0.4) is 0 Å². The van der Waals surface area contributed by atoms with E-state index in [9.17, 15) is 4.79 Å². The number of amides is 2. The molecule has 0 bridgehead atoms. The van der Waals surface area contributed by atoms with Gasteiger partial charge in [-0.25, -0.2) is 14.5 Å². The highest BCUT2D eigenvalue weighted by Crippen LogP contribution is 2.25. The maximum Gasteiger partial charge on any atom is 0.317 e. The van der Waals surface area contributed by atoms with Gasteiger partial charge >= 0.3 is 6.03 Å². The van der Waals surface area contributed by atoms with Crippen molar-refractivity contribution in [2.24, 2.45) is 0 Å². The molecule has 144 valence electrons. The standard InChI is InChI=1S/C18H21N9O/c1-2-25-16(13-9-21-27(11-13)15-5-3-4-6-19-15)22-23-17(25)24-7-8-26-14(12-24)10-20-18(26)28/h3-6,9,11,14H,2,7-8,10,12H2,1H3,(H,20,28). The number of fused-ring (bicyclic) bond motifs is 1. The van der Waals surface area contributed by atoms with Gasteiger partial charge in [-0.05, 0) is 19.1 Å². The largest absolute Gasteiger partial charge is 0.337 e. The number of piperazine rings is 1. The number of urea groups is 1. The lowest BCUT2D eigenvalue weighted by molar-refractivity contribution is 0.197. The van der Waals surface area contributed by atoms with E-state index >= 15 is 0 Å². The third-order valence-corrected chi connectivity index (χ3v) is 5.29. The van der Waals surface area contributed by atoms with Crippen LogP contribution >= 0.6 is 0 Å². The number of anilines is 1. The summed E-state index contributed by atoms with van der Waals surface area (Å²) in [6.07, 6.45) is 5.44. The Labute approximate surface area is 161 Å². The summed E-state index contributed by atoms with van der Waals surface area (Å²) in [5.74, 6) is 2.37. The minimum absolute atomic E-state index is 0.0317. The van der Waals surface area contributed by atoms with Crippen molar-refractivity contribution in [3.63, 3.8) is 0 Å². The molecule has 2 fully saturated rings. The second-order valence-electron chi connectivity index (χ2n) is 6.91. The molecule has 2 aliphatic heterocycles. The lowest BCUT2D eigenvalue weighted by atomic mass is 10.2. The normalized spacial score (nSPS) is 19.0. The topological polar surface area (TPSA) is 97.0 Å². The third-order valence-electron chi connectivity index (χ3n) is 5.29. The van der Waals surface area contributed by atoms with Gasteiger partial charge in [0.25, 0.3) is 0 Å². The van der Waals surface area contributed by atoms with Crippen LogP contribution in [0.25, 0.3) is 17.2 Å². The third kappa shape index (κ3) is 2.68. The summed E-state index contributed by atoms with van der Waals surface area (Å²) in [5.41, 5.74) is 0.891. The Balaban J connectivity index is 1.43. The first-order valence-electron chi connectivity index (χ1n) is 9.43. The molecular weight excluding hydrogens is 358 g/mol. The molecule has 0 radical (unpaired) electrons. The van der Waals surface area contributed by atoms with E-state index in [0.29, 0.717) is 13.1 Å². The van der Waals surface area contributed by atoms with Crippen LogP contribution < -0.4 is 10.2 Å². The molecule has 1 atom stereocenters. The van der Waals surface area contributed by atoms with E-state index in [1.807, 2.05) is 29.3 Å². The van der Waals surface area contributed by atoms with Crippen molar-refractivity contribution in [3.8, 4) is 17.2 Å². The predicted molar refractivity (Wildman–Crippen MR) is 102 cm³/mol. The Bertz CT molecular complexity index is 996. The number of hydrogen-bond acceptors (Lipinski definition) is 6. The summed E-state index contributed by atoms with van der Waals surface area (Å²) in [6.45, 7) is 5.70. The lowest BCUT2D eigenvalue weighted by Gasteiger charge is -2.36. The van der Waals surface area contributed by atoms with Crippen LogP contribution in [0.5, 0.6) is 0 Å². The predicted octanol–water partition coefficient (Wildman–Crippen LogP) is 0.759. The summed E-state index contributed by atoms with van der Waals surface area (Å²) in [5, 5.41) is 16.2. The average molecular weight is 379 g/mol. The zero-order valence-corrected chi connectivity index (χ0v) is 15.6. The molecule has 3 aromatic rings. The van der Waals surface area contributed by atoms with Crippen molar-refractivity contribution >= 4 is 12.0 Å². The zero-order chi connectivity index (χ0) is 19.1. The Kier molecular flexibility index (Phi) is 3.96. The molecule has 0 aliphatic carbocycles. The molecule has 10 nitrogen and oxygen atoms in total. The molecule has 1 unspecified atom stereocenters. The summed E-state index contributed by atoms with van der Waals surface area (Å²) >= 11 is 0. The molecule has 0 spiro atoms. The van der Waals surface area contributed by atoms with Crippen LogP contribution in [0.15, 0.2) is 36.8 Å². The number of hydrogen-bond donors (Lipinski definition) is 1. The first kappa shape index (κ1) is 16.7. The molecular formula is C18H21N9O. The monoisotopic (exact) mass is 379 g/mol. The molecule has 2 aliphatic rings. The summed E-state index contributed by atoms with van der Waals surface area (Å²) in [7, 11) is 0. The van der Waals surface area contributed by atoms with Gasteiger partial charge in [-0.1, -0.05) is 6.07 Å². The average Bonchev–Trinajstić information content (AvgIpc) is 3.46. The van der Waals surface area contributed by atoms with Crippen LogP contribution in [-0.2, 0) is 6.54 Å². The molecule has 0 saturated carbocycles. The fourth-order valence-electron chi connectivity index (χ4n) is 3.87. The van der Waals surface area contributed by atoms with Crippen LogP contribution in [0.1, 0.15) is 6.92 Å². The Morgan fingerprint density at radius 2 is 2.18 bits per heavy atom. The molecule has 28 heavy (non-hydrogen) atoms. The van der Waals surface area contributed by atoms with E-state index in [0.717, 1.165) is 42.8 Å². The molecule has 5 heterocycles. The Hall–Kier alpha value is -3.43. The van der Waals surface area contributed by atoms with Gasteiger partial charge < -0.3 is 15.1 Å².